The molecule has 2 rings (SSSR count). The van der Waals surface area contributed by atoms with E-state index in [0.717, 1.165) is 18.5 Å². The van der Waals surface area contributed by atoms with Gasteiger partial charge in [-0.2, -0.15) is 0 Å². The van der Waals surface area contributed by atoms with Crippen molar-refractivity contribution >= 4 is 0 Å². The summed E-state index contributed by atoms with van der Waals surface area (Å²) in [7, 11) is 0. The molecule has 0 saturated heterocycles. The molecule has 1 aliphatic carbocycles. The highest BCUT2D eigenvalue weighted by atomic mass is 14.9. The van der Waals surface area contributed by atoms with E-state index < -0.39 is 0 Å². The van der Waals surface area contributed by atoms with Crippen molar-refractivity contribution in [3.05, 3.63) is 23.3 Å². The van der Waals surface area contributed by atoms with Crippen LogP contribution >= 0.6 is 0 Å². The zero-order chi connectivity index (χ0) is 10.2. The van der Waals surface area contributed by atoms with Crippen LogP contribution < -0.4 is 5.73 Å². The topological polar surface area (TPSA) is 51.8 Å². The van der Waals surface area contributed by atoms with Crippen LogP contribution in [0.4, 0.5) is 0 Å². The summed E-state index contributed by atoms with van der Waals surface area (Å²) in [5.74, 6) is 0. The average Bonchev–Trinajstić information content (AvgIpc) is 2.15. The van der Waals surface area contributed by atoms with Crippen LogP contribution in [0.1, 0.15) is 43.6 Å². The Labute approximate surface area is 84.8 Å². The van der Waals surface area contributed by atoms with Crippen LogP contribution in [0.15, 0.2) is 6.33 Å². The number of aryl methyl sites for hydroxylation is 1. The van der Waals surface area contributed by atoms with Gasteiger partial charge in [0.15, 0.2) is 0 Å². The predicted molar refractivity (Wildman–Crippen MR) is 55.9 cm³/mol. The van der Waals surface area contributed by atoms with E-state index in [1.54, 1.807) is 6.33 Å². The van der Waals surface area contributed by atoms with E-state index in [-0.39, 0.29) is 5.54 Å². The highest BCUT2D eigenvalue weighted by molar-refractivity contribution is 5.31. The predicted octanol–water partition coefficient (Wildman–Crippen LogP) is 1.55. The third-order valence-electron chi connectivity index (χ3n) is 2.74. The molecule has 0 bridgehead atoms. The van der Waals surface area contributed by atoms with Gasteiger partial charge < -0.3 is 5.73 Å². The molecule has 0 spiro atoms. The number of rotatable bonds is 1. The number of aromatic nitrogens is 2. The minimum atomic E-state index is -0.343. The van der Waals surface area contributed by atoms with Crippen molar-refractivity contribution in [2.24, 2.45) is 5.73 Å². The normalized spacial score (nSPS) is 16.5. The largest absolute Gasteiger partial charge is 0.321 e. The summed E-state index contributed by atoms with van der Waals surface area (Å²) in [6, 6.07) is 0. The first kappa shape index (κ1) is 9.59. The van der Waals surface area contributed by atoms with Gasteiger partial charge in [0, 0.05) is 5.69 Å². The number of hydrogen-bond donors (Lipinski definition) is 1. The second kappa shape index (κ2) is 3.31. The molecule has 0 amide bonds. The molecule has 0 fully saturated rings. The number of hydrogen-bond acceptors (Lipinski definition) is 3. The summed E-state index contributed by atoms with van der Waals surface area (Å²) in [6.45, 7) is 4.01. The molecular weight excluding hydrogens is 174 g/mol. The molecule has 0 unspecified atom stereocenters. The quantitative estimate of drug-likeness (QED) is 0.732. The van der Waals surface area contributed by atoms with Crippen molar-refractivity contribution in [1.82, 2.24) is 9.97 Å². The molecule has 14 heavy (non-hydrogen) atoms. The monoisotopic (exact) mass is 191 g/mol. The smallest absolute Gasteiger partial charge is 0.116 e. The molecule has 3 heteroatoms. The fraction of sp³-hybridized carbons (Fsp3) is 0.636. The van der Waals surface area contributed by atoms with E-state index in [1.165, 1.54) is 24.1 Å². The first-order valence-corrected chi connectivity index (χ1v) is 5.21. The van der Waals surface area contributed by atoms with Gasteiger partial charge in [0.05, 0.1) is 11.2 Å². The van der Waals surface area contributed by atoms with Gasteiger partial charge in [-0.3, -0.25) is 0 Å². The van der Waals surface area contributed by atoms with Crippen LogP contribution in [0, 0.1) is 0 Å². The van der Waals surface area contributed by atoms with E-state index in [4.69, 9.17) is 5.73 Å². The molecule has 1 aliphatic rings. The minimum absolute atomic E-state index is 0.343. The van der Waals surface area contributed by atoms with Gasteiger partial charge in [0.1, 0.15) is 6.33 Å². The van der Waals surface area contributed by atoms with Crippen LogP contribution in [0.5, 0.6) is 0 Å². The second-order valence-corrected chi connectivity index (χ2v) is 4.58. The zero-order valence-electron chi connectivity index (χ0n) is 8.88. The van der Waals surface area contributed by atoms with Crippen LogP contribution in [0.3, 0.4) is 0 Å². The first-order valence-electron chi connectivity index (χ1n) is 5.21. The van der Waals surface area contributed by atoms with Gasteiger partial charge in [-0.05, 0) is 45.1 Å². The Balaban J connectivity index is 2.51. The molecule has 0 aromatic carbocycles. The van der Waals surface area contributed by atoms with E-state index in [1.807, 2.05) is 13.8 Å². The van der Waals surface area contributed by atoms with Gasteiger partial charge in [-0.15, -0.1) is 0 Å². The summed E-state index contributed by atoms with van der Waals surface area (Å²) in [4.78, 5) is 8.65. The first-order chi connectivity index (χ1) is 6.59. The molecule has 1 aromatic rings. The van der Waals surface area contributed by atoms with E-state index in [9.17, 15) is 0 Å². The molecular formula is C11H17N3. The van der Waals surface area contributed by atoms with Gasteiger partial charge in [0.2, 0.25) is 0 Å². The maximum absolute atomic E-state index is 6.09. The Morgan fingerprint density at radius 2 is 1.93 bits per heavy atom. The molecule has 0 aliphatic heterocycles. The Hall–Kier alpha value is -0.960. The van der Waals surface area contributed by atoms with Crippen molar-refractivity contribution in [2.75, 3.05) is 0 Å². The third kappa shape index (κ3) is 1.64. The molecule has 1 heterocycles. The molecule has 0 saturated carbocycles. The third-order valence-corrected chi connectivity index (χ3v) is 2.74. The van der Waals surface area contributed by atoms with Gasteiger partial charge in [0.25, 0.3) is 0 Å². The number of fused-ring (bicyclic) bond motifs is 1. The van der Waals surface area contributed by atoms with E-state index in [0.29, 0.717) is 0 Å². The zero-order valence-corrected chi connectivity index (χ0v) is 8.88. The van der Waals surface area contributed by atoms with Crippen LogP contribution in [-0.4, -0.2) is 9.97 Å². The Morgan fingerprint density at radius 1 is 1.21 bits per heavy atom. The maximum Gasteiger partial charge on any atom is 0.116 e. The highest BCUT2D eigenvalue weighted by Crippen LogP contribution is 2.26. The fourth-order valence-corrected chi connectivity index (χ4v) is 2.08. The number of nitrogens with two attached hydrogens (primary N) is 1. The summed E-state index contributed by atoms with van der Waals surface area (Å²) in [6.07, 6.45) is 6.30. The van der Waals surface area contributed by atoms with E-state index in [2.05, 4.69) is 9.97 Å². The van der Waals surface area contributed by atoms with E-state index >= 15 is 0 Å². The van der Waals surface area contributed by atoms with Crippen molar-refractivity contribution in [1.29, 1.82) is 0 Å². The minimum Gasteiger partial charge on any atom is -0.321 e. The Kier molecular flexibility index (Phi) is 2.27. The summed E-state index contributed by atoms with van der Waals surface area (Å²) < 4.78 is 0. The van der Waals surface area contributed by atoms with Crippen molar-refractivity contribution in [3.8, 4) is 0 Å². The molecule has 76 valence electrons. The molecule has 0 radical (unpaired) electrons. The average molecular weight is 191 g/mol. The van der Waals surface area contributed by atoms with Crippen molar-refractivity contribution in [2.45, 2.75) is 45.1 Å². The van der Waals surface area contributed by atoms with Gasteiger partial charge in [-0.1, -0.05) is 0 Å². The lowest BCUT2D eigenvalue weighted by Crippen LogP contribution is -2.32. The number of nitrogens with zero attached hydrogens (tertiary/aromatic N) is 2. The lowest BCUT2D eigenvalue weighted by Gasteiger charge is -2.25. The highest BCUT2D eigenvalue weighted by Gasteiger charge is 2.24. The van der Waals surface area contributed by atoms with Crippen molar-refractivity contribution < 1.29 is 0 Å². The maximum atomic E-state index is 6.09. The fourth-order valence-electron chi connectivity index (χ4n) is 2.08. The SMILES string of the molecule is CC(C)(N)c1ncnc2c1CCCC2. The molecule has 1 aromatic heterocycles. The van der Waals surface area contributed by atoms with Gasteiger partial charge >= 0.3 is 0 Å². The van der Waals surface area contributed by atoms with Crippen molar-refractivity contribution in [3.63, 3.8) is 0 Å². The summed E-state index contributed by atoms with van der Waals surface area (Å²) in [5.41, 5.74) is 9.28. The summed E-state index contributed by atoms with van der Waals surface area (Å²) in [5, 5.41) is 0. The van der Waals surface area contributed by atoms with Crippen LogP contribution in [0.25, 0.3) is 0 Å². The Bertz CT molecular complexity index is 339. The van der Waals surface area contributed by atoms with Crippen LogP contribution in [0.2, 0.25) is 0 Å². The second-order valence-electron chi connectivity index (χ2n) is 4.58. The van der Waals surface area contributed by atoms with Gasteiger partial charge in [-0.25, -0.2) is 9.97 Å². The molecule has 0 atom stereocenters. The molecule has 3 nitrogen and oxygen atoms in total. The Morgan fingerprint density at radius 3 is 2.64 bits per heavy atom. The summed E-state index contributed by atoms with van der Waals surface area (Å²) >= 11 is 0. The lowest BCUT2D eigenvalue weighted by atomic mass is 9.88. The lowest BCUT2D eigenvalue weighted by molar-refractivity contribution is 0.513. The van der Waals surface area contributed by atoms with Crippen LogP contribution in [-0.2, 0) is 18.4 Å². The molecule has 2 N–H and O–H groups in total. The standard InChI is InChI=1S/C11H17N3/c1-11(2,12)10-8-5-3-4-6-9(8)13-7-14-10/h7H,3-6,12H2,1-2H3.